The number of likely N-dealkylation sites (N-methyl/N-ethyl adjacent to an activating group) is 2. The summed E-state index contributed by atoms with van der Waals surface area (Å²) in [6, 6.07) is 4.35. The van der Waals surface area contributed by atoms with Gasteiger partial charge in [-0.05, 0) is 52.6 Å². The van der Waals surface area contributed by atoms with Crippen LogP contribution in [-0.2, 0) is 19.7 Å². The summed E-state index contributed by atoms with van der Waals surface area (Å²) in [6.07, 6.45) is 0. The third-order valence-corrected chi connectivity index (χ3v) is 11.0. The van der Waals surface area contributed by atoms with Gasteiger partial charge in [-0.1, -0.05) is 6.07 Å². The van der Waals surface area contributed by atoms with E-state index in [1.54, 1.807) is 13.0 Å². The molecule has 2 aliphatic heterocycles. The van der Waals surface area contributed by atoms with Crippen LogP contribution in [0.2, 0.25) is 0 Å². The van der Waals surface area contributed by atoms with Gasteiger partial charge in [-0.2, -0.15) is 0 Å². The van der Waals surface area contributed by atoms with Crippen molar-refractivity contribution in [3.63, 3.8) is 0 Å². The second-order valence-electron chi connectivity index (χ2n) is 9.89. The maximum absolute atomic E-state index is 13.5. The maximum atomic E-state index is 13.5. The summed E-state index contributed by atoms with van der Waals surface area (Å²) in [5.74, 6) is -0.174. The first-order chi connectivity index (χ1) is 15.4. The molecule has 33 heavy (non-hydrogen) atoms. The third kappa shape index (κ3) is 6.76. The molecule has 2 saturated heterocycles. The average Bonchev–Trinajstić information content (AvgIpc) is 2.73. The van der Waals surface area contributed by atoms with Gasteiger partial charge in [0.2, 0.25) is 0 Å². The summed E-state index contributed by atoms with van der Waals surface area (Å²) in [6.45, 7) is 12.5. The number of aryl methyl sites for hydroxylation is 1. The van der Waals surface area contributed by atoms with Crippen molar-refractivity contribution >= 4 is 19.7 Å². The number of rotatable bonds is 8. The second-order valence-corrected chi connectivity index (χ2v) is 13.9. The van der Waals surface area contributed by atoms with Gasteiger partial charge in [0.05, 0.1) is 21.3 Å². The van der Waals surface area contributed by atoms with Crippen LogP contribution in [0.3, 0.4) is 0 Å². The lowest BCUT2D eigenvalue weighted by atomic mass is 10.2. The Kier molecular flexibility index (Phi) is 8.61. The van der Waals surface area contributed by atoms with E-state index in [4.69, 9.17) is 0 Å². The van der Waals surface area contributed by atoms with Gasteiger partial charge in [-0.3, -0.25) is 9.80 Å². The van der Waals surface area contributed by atoms with Gasteiger partial charge in [0, 0.05) is 64.4 Å². The first-order valence-electron chi connectivity index (χ1n) is 11.8. The summed E-state index contributed by atoms with van der Waals surface area (Å²) in [5.41, 5.74) is 0.742. The molecule has 1 aromatic carbocycles. The molecular formula is C23H40N4O4S2. The zero-order valence-corrected chi connectivity index (χ0v) is 22.3. The lowest BCUT2D eigenvalue weighted by molar-refractivity contribution is 0.127. The van der Waals surface area contributed by atoms with Crippen LogP contribution < -0.4 is 0 Å². The highest BCUT2D eigenvalue weighted by Gasteiger charge is 2.32. The number of sulfone groups is 2. The van der Waals surface area contributed by atoms with Gasteiger partial charge in [0.15, 0.2) is 19.7 Å². The lowest BCUT2D eigenvalue weighted by Gasteiger charge is -2.36. The fourth-order valence-electron chi connectivity index (χ4n) is 4.67. The molecule has 188 valence electrons. The molecule has 0 bridgehead atoms. The molecule has 1 aromatic rings. The molecular weight excluding hydrogens is 460 g/mol. The minimum absolute atomic E-state index is 0.0472. The van der Waals surface area contributed by atoms with Gasteiger partial charge in [-0.15, -0.1) is 0 Å². The molecule has 2 aliphatic rings. The Labute approximate surface area is 200 Å². The van der Waals surface area contributed by atoms with E-state index in [2.05, 4.69) is 33.7 Å². The highest BCUT2D eigenvalue weighted by molar-refractivity contribution is 7.94. The molecule has 8 nitrogen and oxygen atoms in total. The van der Waals surface area contributed by atoms with Crippen LogP contribution in [-0.4, -0.2) is 126 Å². The topological polar surface area (TPSA) is 81.2 Å². The standard InChI is InChI=1S/C23H40N4O4S2/c1-19-6-7-22(32(28,29)17-20(2)26-12-8-24(4)9-13-26)23(16-19)33(30,31)18-21(3)27-14-10-25(5)11-15-27/h6-7,16,20-21H,8-15,17-18H2,1-5H3. The Morgan fingerprint density at radius 3 is 1.52 bits per heavy atom. The van der Waals surface area contributed by atoms with Crippen LogP contribution in [0.1, 0.15) is 19.4 Å². The molecule has 3 rings (SSSR count). The first-order valence-corrected chi connectivity index (χ1v) is 15.1. The molecule has 0 N–H and O–H groups in total. The molecule has 0 amide bonds. The van der Waals surface area contributed by atoms with Crippen molar-refractivity contribution in [3.8, 4) is 0 Å². The zero-order chi connectivity index (χ0) is 24.4. The van der Waals surface area contributed by atoms with Crippen LogP contribution in [0.15, 0.2) is 28.0 Å². The van der Waals surface area contributed by atoms with Crippen LogP contribution in [0.25, 0.3) is 0 Å². The highest BCUT2D eigenvalue weighted by Crippen LogP contribution is 2.27. The number of piperazine rings is 2. The van der Waals surface area contributed by atoms with Crippen molar-refractivity contribution in [2.45, 2.75) is 42.6 Å². The average molecular weight is 501 g/mol. The third-order valence-electron chi connectivity index (χ3n) is 7.01. The summed E-state index contributed by atoms with van der Waals surface area (Å²) < 4.78 is 53.8. The Hall–Kier alpha value is -1.04. The molecule has 0 saturated carbocycles. The van der Waals surface area contributed by atoms with Crippen molar-refractivity contribution in [2.24, 2.45) is 0 Å². The highest BCUT2D eigenvalue weighted by atomic mass is 32.2. The van der Waals surface area contributed by atoms with Crippen molar-refractivity contribution in [2.75, 3.05) is 78.0 Å². The molecule has 2 atom stereocenters. The Morgan fingerprint density at radius 1 is 0.697 bits per heavy atom. The lowest BCUT2D eigenvalue weighted by Crippen LogP contribution is -2.50. The number of nitrogens with zero attached hydrogens (tertiary/aromatic N) is 4. The fourth-order valence-corrected chi connectivity index (χ4v) is 8.86. The molecule has 0 radical (unpaired) electrons. The van der Waals surface area contributed by atoms with Crippen molar-refractivity contribution < 1.29 is 16.8 Å². The molecule has 0 aromatic heterocycles. The van der Waals surface area contributed by atoms with Gasteiger partial charge in [-0.25, -0.2) is 16.8 Å². The van der Waals surface area contributed by atoms with Crippen molar-refractivity contribution in [1.29, 1.82) is 0 Å². The monoisotopic (exact) mass is 500 g/mol. The van der Waals surface area contributed by atoms with Crippen molar-refractivity contribution in [1.82, 2.24) is 19.6 Å². The molecule has 2 fully saturated rings. The largest absolute Gasteiger partial charge is 0.304 e. The van der Waals surface area contributed by atoms with E-state index in [9.17, 15) is 16.8 Å². The molecule has 10 heteroatoms. The van der Waals surface area contributed by atoms with E-state index >= 15 is 0 Å². The summed E-state index contributed by atoms with van der Waals surface area (Å²) in [5, 5.41) is 0. The SMILES string of the molecule is Cc1ccc(S(=O)(=O)CC(C)N2CCN(C)CC2)c(S(=O)(=O)CC(C)N2CCN(C)CC2)c1. The Balaban J connectivity index is 1.81. The maximum Gasteiger partial charge on any atom is 0.181 e. The molecule has 0 spiro atoms. The molecule has 2 heterocycles. The predicted molar refractivity (Wildman–Crippen MR) is 132 cm³/mol. The first kappa shape index (κ1) is 26.6. The minimum Gasteiger partial charge on any atom is -0.304 e. The predicted octanol–water partition coefficient (Wildman–Crippen LogP) is 0.814. The normalized spacial score (nSPS) is 22.3. The van der Waals surface area contributed by atoms with Crippen molar-refractivity contribution in [3.05, 3.63) is 23.8 Å². The number of hydrogen-bond acceptors (Lipinski definition) is 8. The second kappa shape index (κ2) is 10.7. The van der Waals surface area contributed by atoms with Crippen LogP contribution >= 0.6 is 0 Å². The van der Waals surface area contributed by atoms with Gasteiger partial charge in [0.25, 0.3) is 0 Å². The van der Waals surface area contributed by atoms with Gasteiger partial charge in [0.1, 0.15) is 0 Å². The van der Waals surface area contributed by atoms with Crippen LogP contribution in [0, 0.1) is 6.92 Å². The van der Waals surface area contributed by atoms with Gasteiger partial charge >= 0.3 is 0 Å². The van der Waals surface area contributed by atoms with E-state index < -0.39 is 19.7 Å². The summed E-state index contributed by atoms with van der Waals surface area (Å²) >= 11 is 0. The molecule has 0 aliphatic carbocycles. The quantitative estimate of drug-likeness (QED) is 0.519. The van der Waals surface area contributed by atoms with E-state index in [1.165, 1.54) is 12.1 Å². The summed E-state index contributed by atoms with van der Waals surface area (Å²) in [7, 11) is -3.43. The minimum atomic E-state index is -3.78. The van der Waals surface area contributed by atoms with E-state index in [-0.39, 0.29) is 33.4 Å². The van der Waals surface area contributed by atoms with Crippen LogP contribution in [0.5, 0.6) is 0 Å². The zero-order valence-electron chi connectivity index (χ0n) is 20.7. The summed E-state index contributed by atoms with van der Waals surface area (Å²) in [4.78, 5) is 8.70. The van der Waals surface area contributed by atoms with Crippen LogP contribution in [0.4, 0.5) is 0 Å². The fraction of sp³-hybridized carbons (Fsp3) is 0.739. The van der Waals surface area contributed by atoms with E-state index in [1.807, 2.05) is 13.8 Å². The van der Waals surface area contributed by atoms with Gasteiger partial charge < -0.3 is 9.80 Å². The molecule has 2 unspecified atom stereocenters. The van der Waals surface area contributed by atoms with E-state index in [0.717, 1.165) is 57.9 Å². The smallest absolute Gasteiger partial charge is 0.181 e. The number of hydrogen-bond donors (Lipinski definition) is 0. The Bertz CT molecular complexity index is 1010. The Morgan fingerprint density at radius 2 is 1.09 bits per heavy atom. The van der Waals surface area contributed by atoms with E-state index in [0.29, 0.717) is 0 Å². The number of benzene rings is 1.